The third-order valence-electron chi connectivity index (χ3n) is 8.03. The molecule has 0 bridgehead atoms. The maximum absolute atomic E-state index is 12.3. The standard InChI is InChI=1S/C40H30N2O8/c1-2-18-41(31-16-14-29-20-33(37(43)44)39(47)49-35(29)22-31)19-6-9-26-10-12-28(13-11-26)25-42(24-27-7-4-3-5-8-27)32-17-15-30-21-34(38(45)46)40(48)50-36(30)23-32/h2-5,7-8,10-17,20-23H,1,18-19,24-25H2,(H,43,44)(H,45,46). The number of carboxylic acid groups (broad SMARTS) is 2. The van der Waals surface area contributed by atoms with Gasteiger partial charge >= 0.3 is 23.2 Å². The minimum Gasteiger partial charge on any atom is -0.477 e. The van der Waals surface area contributed by atoms with E-state index in [0.29, 0.717) is 42.5 Å². The van der Waals surface area contributed by atoms with E-state index in [1.165, 1.54) is 12.1 Å². The molecule has 0 aliphatic rings. The van der Waals surface area contributed by atoms with Crippen molar-refractivity contribution in [3.8, 4) is 11.8 Å². The molecule has 10 heteroatoms. The summed E-state index contributed by atoms with van der Waals surface area (Å²) in [5.41, 5.74) is 2.38. The van der Waals surface area contributed by atoms with Crippen molar-refractivity contribution in [2.45, 2.75) is 13.1 Å². The highest BCUT2D eigenvalue weighted by atomic mass is 16.4. The number of benzene rings is 4. The quantitative estimate of drug-likeness (QED) is 0.0889. The fourth-order valence-corrected chi connectivity index (χ4v) is 5.50. The number of nitrogens with zero attached hydrogens (tertiary/aromatic N) is 2. The Morgan fingerprint density at radius 1 is 0.680 bits per heavy atom. The summed E-state index contributed by atoms with van der Waals surface area (Å²) in [4.78, 5) is 51.2. The molecule has 0 radical (unpaired) electrons. The summed E-state index contributed by atoms with van der Waals surface area (Å²) in [6, 6.07) is 31.0. The maximum atomic E-state index is 12.3. The predicted octanol–water partition coefficient (Wildman–Crippen LogP) is 6.55. The number of aromatic carboxylic acids is 2. The molecule has 2 heterocycles. The van der Waals surface area contributed by atoms with Crippen LogP contribution in [-0.2, 0) is 13.1 Å². The summed E-state index contributed by atoms with van der Waals surface area (Å²) >= 11 is 0. The van der Waals surface area contributed by atoms with Crippen LogP contribution in [0.5, 0.6) is 0 Å². The van der Waals surface area contributed by atoms with Gasteiger partial charge in [-0.1, -0.05) is 60.4 Å². The summed E-state index contributed by atoms with van der Waals surface area (Å²) in [6.45, 7) is 5.78. The molecule has 248 valence electrons. The van der Waals surface area contributed by atoms with Crippen LogP contribution < -0.4 is 21.1 Å². The Morgan fingerprint density at radius 2 is 1.20 bits per heavy atom. The fraction of sp³-hybridized carbons (Fsp3) is 0.100. The van der Waals surface area contributed by atoms with Crippen LogP contribution in [-0.4, -0.2) is 35.2 Å². The first-order valence-corrected chi connectivity index (χ1v) is 15.5. The molecule has 0 spiro atoms. The second kappa shape index (κ2) is 14.5. The summed E-state index contributed by atoms with van der Waals surface area (Å²) in [5, 5.41) is 19.5. The summed E-state index contributed by atoms with van der Waals surface area (Å²) in [6.07, 6.45) is 1.74. The SMILES string of the molecule is C=CCN(CC#Cc1ccc(CN(Cc2ccccc2)c2ccc3cc(C(=O)O)c(=O)oc3c2)cc1)c1ccc2cc(C(=O)O)c(=O)oc2c1. The van der Waals surface area contributed by atoms with Crippen molar-refractivity contribution < 1.29 is 28.6 Å². The van der Waals surface area contributed by atoms with E-state index in [2.05, 4.69) is 23.3 Å². The third kappa shape index (κ3) is 7.48. The van der Waals surface area contributed by atoms with Crippen molar-refractivity contribution >= 4 is 45.3 Å². The molecule has 0 aliphatic heterocycles. The molecular weight excluding hydrogens is 636 g/mol. The zero-order valence-corrected chi connectivity index (χ0v) is 26.7. The lowest BCUT2D eigenvalue weighted by molar-refractivity contribution is 0.0681. The summed E-state index contributed by atoms with van der Waals surface area (Å²) in [5.74, 6) is 3.71. The Labute approximate surface area is 285 Å². The van der Waals surface area contributed by atoms with Gasteiger partial charge in [0, 0.05) is 59.5 Å². The molecule has 4 aromatic carbocycles. The summed E-state index contributed by atoms with van der Waals surface area (Å²) < 4.78 is 10.6. The zero-order valence-electron chi connectivity index (χ0n) is 26.7. The Hall–Kier alpha value is -6.86. The van der Waals surface area contributed by atoms with Gasteiger partial charge in [-0.05, 0) is 59.7 Å². The van der Waals surface area contributed by atoms with E-state index in [9.17, 15) is 29.4 Å². The molecule has 0 atom stereocenters. The molecule has 0 saturated carbocycles. The average molecular weight is 667 g/mol. The first-order valence-electron chi connectivity index (χ1n) is 15.5. The minimum absolute atomic E-state index is 0.275. The maximum Gasteiger partial charge on any atom is 0.351 e. The highest BCUT2D eigenvalue weighted by molar-refractivity contribution is 5.93. The third-order valence-corrected chi connectivity index (χ3v) is 8.03. The van der Waals surface area contributed by atoms with Crippen LogP contribution in [0, 0.1) is 11.8 Å². The van der Waals surface area contributed by atoms with Gasteiger partial charge in [-0.3, -0.25) is 0 Å². The van der Waals surface area contributed by atoms with E-state index in [0.717, 1.165) is 28.1 Å². The smallest absolute Gasteiger partial charge is 0.351 e. The number of fused-ring (bicyclic) bond motifs is 2. The first-order chi connectivity index (χ1) is 24.2. The van der Waals surface area contributed by atoms with Gasteiger partial charge in [0.25, 0.3) is 0 Å². The van der Waals surface area contributed by atoms with Crippen molar-refractivity contribution in [2.75, 3.05) is 22.9 Å². The van der Waals surface area contributed by atoms with Crippen LogP contribution >= 0.6 is 0 Å². The lowest BCUT2D eigenvalue weighted by Crippen LogP contribution is -2.23. The summed E-state index contributed by atoms with van der Waals surface area (Å²) in [7, 11) is 0. The van der Waals surface area contributed by atoms with Gasteiger partial charge in [0.1, 0.15) is 22.3 Å². The van der Waals surface area contributed by atoms with Gasteiger partial charge in [-0.15, -0.1) is 6.58 Å². The number of carbonyl (C=O) groups is 2. The zero-order chi connectivity index (χ0) is 35.2. The average Bonchev–Trinajstić information content (AvgIpc) is 3.11. The Morgan fingerprint density at radius 3 is 1.72 bits per heavy atom. The molecule has 2 aromatic heterocycles. The molecule has 0 fully saturated rings. The van der Waals surface area contributed by atoms with Gasteiger partial charge in [0.2, 0.25) is 0 Å². The second-order valence-electron chi connectivity index (χ2n) is 11.5. The van der Waals surface area contributed by atoms with Crippen LogP contribution in [0.15, 0.2) is 134 Å². The van der Waals surface area contributed by atoms with Gasteiger partial charge in [-0.25, -0.2) is 19.2 Å². The van der Waals surface area contributed by atoms with Gasteiger partial charge in [0.15, 0.2) is 0 Å². The topological polar surface area (TPSA) is 142 Å². The Bertz CT molecular complexity index is 2420. The van der Waals surface area contributed by atoms with Crippen molar-refractivity contribution in [2.24, 2.45) is 0 Å². The molecule has 6 aromatic rings. The monoisotopic (exact) mass is 666 g/mol. The Kier molecular flexibility index (Phi) is 9.58. The molecular formula is C40H30N2O8. The predicted molar refractivity (Wildman–Crippen MR) is 191 cm³/mol. The molecule has 0 aliphatic carbocycles. The number of hydrogen-bond donors (Lipinski definition) is 2. The normalized spacial score (nSPS) is 10.7. The number of rotatable bonds is 11. The van der Waals surface area contributed by atoms with Crippen LogP contribution in [0.1, 0.15) is 37.4 Å². The van der Waals surface area contributed by atoms with Gasteiger partial charge in [-0.2, -0.15) is 0 Å². The molecule has 0 amide bonds. The fourth-order valence-electron chi connectivity index (χ4n) is 5.50. The van der Waals surface area contributed by atoms with E-state index >= 15 is 0 Å². The minimum atomic E-state index is -1.34. The molecule has 2 N–H and O–H groups in total. The second-order valence-corrected chi connectivity index (χ2v) is 11.5. The van der Waals surface area contributed by atoms with E-state index in [-0.39, 0.29) is 5.58 Å². The van der Waals surface area contributed by atoms with E-state index in [4.69, 9.17) is 8.83 Å². The van der Waals surface area contributed by atoms with Gasteiger partial charge < -0.3 is 28.8 Å². The van der Waals surface area contributed by atoms with E-state index in [1.807, 2.05) is 71.6 Å². The molecule has 6 rings (SSSR count). The molecule has 10 nitrogen and oxygen atoms in total. The van der Waals surface area contributed by atoms with Crippen molar-refractivity contribution in [1.29, 1.82) is 0 Å². The molecule has 50 heavy (non-hydrogen) atoms. The Balaban J connectivity index is 1.20. The highest BCUT2D eigenvalue weighted by Crippen LogP contribution is 2.26. The number of hydrogen-bond acceptors (Lipinski definition) is 8. The van der Waals surface area contributed by atoms with Crippen LogP contribution in [0.4, 0.5) is 11.4 Å². The number of carboxylic acids is 2. The van der Waals surface area contributed by atoms with Crippen LogP contribution in [0.2, 0.25) is 0 Å². The van der Waals surface area contributed by atoms with E-state index < -0.39 is 34.3 Å². The van der Waals surface area contributed by atoms with Crippen molar-refractivity contribution in [1.82, 2.24) is 0 Å². The largest absolute Gasteiger partial charge is 0.477 e. The van der Waals surface area contributed by atoms with E-state index in [1.54, 1.807) is 30.3 Å². The highest BCUT2D eigenvalue weighted by Gasteiger charge is 2.16. The lowest BCUT2D eigenvalue weighted by Gasteiger charge is -2.25. The lowest BCUT2D eigenvalue weighted by atomic mass is 10.1. The van der Waals surface area contributed by atoms with Crippen molar-refractivity contribution in [3.63, 3.8) is 0 Å². The van der Waals surface area contributed by atoms with Crippen LogP contribution in [0.3, 0.4) is 0 Å². The molecule has 0 unspecified atom stereocenters. The van der Waals surface area contributed by atoms with Crippen molar-refractivity contribution in [3.05, 3.63) is 164 Å². The molecule has 0 saturated heterocycles. The number of anilines is 2. The first kappa shape index (κ1) is 33.1. The van der Waals surface area contributed by atoms with Crippen LogP contribution in [0.25, 0.3) is 21.9 Å². The van der Waals surface area contributed by atoms with Gasteiger partial charge in [0.05, 0.1) is 6.54 Å².